The number of hydrogen-bond donors (Lipinski definition) is 0. The summed E-state index contributed by atoms with van der Waals surface area (Å²) in [6.45, 7) is 9.79. The lowest BCUT2D eigenvalue weighted by Crippen LogP contribution is -2.49. The Morgan fingerprint density at radius 1 is 1.12 bits per heavy atom. The van der Waals surface area contributed by atoms with Crippen molar-refractivity contribution in [2.24, 2.45) is 0 Å². The SMILES string of the molecule is CC(C)Sc1ccc(CC(=O)N2CCN(CCn3cccn3)CC2)cc1. The van der Waals surface area contributed by atoms with Gasteiger partial charge >= 0.3 is 0 Å². The Bertz CT molecular complexity index is 676. The summed E-state index contributed by atoms with van der Waals surface area (Å²) in [7, 11) is 0. The van der Waals surface area contributed by atoms with Crippen LogP contribution in [0.1, 0.15) is 19.4 Å². The van der Waals surface area contributed by atoms with Gasteiger partial charge in [0, 0.05) is 55.3 Å². The third-order valence-corrected chi connectivity index (χ3v) is 5.60. The van der Waals surface area contributed by atoms with Crippen LogP contribution in [0.5, 0.6) is 0 Å². The summed E-state index contributed by atoms with van der Waals surface area (Å²) in [5.41, 5.74) is 1.10. The lowest BCUT2D eigenvalue weighted by Gasteiger charge is -2.34. The van der Waals surface area contributed by atoms with Gasteiger partial charge < -0.3 is 4.90 Å². The van der Waals surface area contributed by atoms with Crippen molar-refractivity contribution in [3.63, 3.8) is 0 Å². The summed E-state index contributed by atoms with van der Waals surface area (Å²) in [5, 5.41) is 4.81. The number of rotatable bonds is 7. The summed E-state index contributed by atoms with van der Waals surface area (Å²) in [6.07, 6.45) is 4.30. The van der Waals surface area contributed by atoms with Crippen LogP contribution in [0.15, 0.2) is 47.6 Å². The van der Waals surface area contributed by atoms with Crippen LogP contribution in [0.3, 0.4) is 0 Å². The molecule has 1 aliphatic heterocycles. The van der Waals surface area contributed by atoms with Gasteiger partial charge in [0.1, 0.15) is 0 Å². The minimum atomic E-state index is 0.237. The van der Waals surface area contributed by atoms with Gasteiger partial charge in [-0.25, -0.2) is 0 Å². The van der Waals surface area contributed by atoms with Crippen LogP contribution in [0.2, 0.25) is 0 Å². The molecular formula is C20H28N4OS. The second-order valence-electron chi connectivity index (χ2n) is 6.98. The average Bonchev–Trinajstić information content (AvgIpc) is 3.15. The van der Waals surface area contributed by atoms with E-state index in [2.05, 4.69) is 48.1 Å². The molecule has 2 aromatic rings. The van der Waals surface area contributed by atoms with Crippen LogP contribution in [-0.2, 0) is 17.8 Å². The number of thioether (sulfide) groups is 1. The van der Waals surface area contributed by atoms with E-state index in [1.165, 1.54) is 4.90 Å². The highest BCUT2D eigenvalue weighted by Gasteiger charge is 2.21. The minimum absolute atomic E-state index is 0.237. The number of benzene rings is 1. The van der Waals surface area contributed by atoms with Gasteiger partial charge in [0.15, 0.2) is 0 Å². The van der Waals surface area contributed by atoms with Crippen molar-refractivity contribution in [3.05, 3.63) is 48.3 Å². The zero-order valence-electron chi connectivity index (χ0n) is 15.7. The van der Waals surface area contributed by atoms with E-state index >= 15 is 0 Å². The fourth-order valence-electron chi connectivity index (χ4n) is 3.14. The molecule has 2 heterocycles. The molecule has 1 saturated heterocycles. The van der Waals surface area contributed by atoms with Crippen LogP contribution in [-0.4, -0.2) is 63.5 Å². The number of amides is 1. The van der Waals surface area contributed by atoms with Crippen molar-refractivity contribution in [1.29, 1.82) is 0 Å². The van der Waals surface area contributed by atoms with Gasteiger partial charge in [-0.05, 0) is 23.8 Å². The second kappa shape index (κ2) is 9.24. The smallest absolute Gasteiger partial charge is 0.227 e. The minimum Gasteiger partial charge on any atom is -0.340 e. The molecule has 0 radical (unpaired) electrons. The van der Waals surface area contributed by atoms with Crippen molar-refractivity contribution >= 4 is 17.7 Å². The quantitative estimate of drug-likeness (QED) is 0.701. The van der Waals surface area contributed by atoms with E-state index in [0.717, 1.165) is 44.8 Å². The number of hydrogen-bond acceptors (Lipinski definition) is 4. The summed E-state index contributed by atoms with van der Waals surface area (Å²) in [4.78, 5) is 18.2. The molecule has 0 bridgehead atoms. The molecule has 0 spiro atoms. The Kier molecular flexibility index (Phi) is 6.74. The molecule has 1 aromatic carbocycles. The maximum Gasteiger partial charge on any atom is 0.227 e. The van der Waals surface area contributed by atoms with Crippen molar-refractivity contribution < 1.29 is 4.79 Å². The Labute approximate surface area is 160 Å². The van der Waals surface area contributed by atoms with Crippen LogP contribution >= 0.6 is 11.8 Å². The molecule has 0 atom stereocenters. The maximum absolute atomic E-state index is 12.6. The van der Waals surface area contributed by atoms with Crippen molar-refractivity contribution in [3.8, 4) is 0 Å². The van der Waals surface area contributed by atoms with Gasteiger partial charge in [0.05, 0.1) is 13.0 Å². The molecule has 140 valence electrons. The predicted molar refractivity (Wildman–Crippen MR) is 106 cm³/mol. The molecule has 5 nitrogen and oxygen atoms in total. The highest BCUT2D eigenvalue weighted by atomic mass is 32.2. The zero-order chi connectivity index (χ0) is 18.4. The monoisotopic (exact) mass is 372 g/mol. The number of carbonyl (C=O) groups excluding carboxylic acids is 1. The second-order valence-corrected chi connectivity index (χ2v) is 8.63. The fraction of sp³-hybridized carbons (Fsp3) is 0.500. The largest absolute Gasteiger partial charge is 0.340 e. The maximum atomic E-state index is 12.6. The van der Waals surface area contributed by atoms with E-state index in [1.807, 2.05) is 39.8 Å². The number of piperazine rings is 1. The van der Waals surface area contributed by atoms with E-state index in [1.54, 1.807) is 0 Å². The summed E-state index contributed by atoms with van der Waals surface area (Å²) < 4.78 is 1.96. The van der Waals surface area contributed by atoms with Gasteiger partial charge in [0.25, 0.3) is 0 Å². The first-order valence-electron chi connectivity index (χ1n) is 9.33. The van der Waals surface area contributed by atoms with Crippen LogP contribution < -0.4 is 0 Å². The normalized spacial score (nSPS) is 15.6. The molecule has 1 aliphatic rings. The fourth-order valence-corrected chi connectivity index (χ4v) is 3.98. The Morgan fingerprint density at radius 3 is 2.46 bits per heavy atom. The van der Waals surface area contributed by atoms with Gasteiger partial charge in [-0.1, -0.05) is 26.0 Å². The molecule has 1 amide bonds. The zero-order valence-corrected chi connectivity index (χ0v) is 16.5. The highest BCUT2D eigenvalue weighted by Crippen LogP contribution is 2.23. The highest BCUT2D eigenvalue weighted by molar-refractivity contribution is 7.99. The third kappa shape index (κ3) is 5.61. The van der Waals surface area contributed by atoms with Gasteiger partial charge in [-0.3, -0.25) is 14.4 Å². The van der Waals surface area contributed by atoms with E-state index in [9.17, 15) is 4.79 Å². The number of carbonyl (C=O) groups is 1. The first kappa shape index (κ1) is 19.0. The van der Waals surface area contributed by atoms with E-state index in [4.69, 9.17) is 0 Å². The predicted octanol–water partition coefficient (Wildman–Crippen LogP) is 2.77. The molecule has 1 fully saturated rings. The molecular weight excluding hydrogens is 344 g/mol. The molecule has 6 heteroatoms. The molecule has 0 unspecified atom stereocenters. The average molecular weight is 373 g/mol. The first-order valence-corrected chi connectivity index (χ1v) is 10.2. The molecule has 0 saturated carbocycles. The van der Waals surface area contributed by atoms with Crippen molar-refractivity contribution in [2.75, 3.05) is 32.7 Å². The van der Waals surface area contributed by atoms with E-state index in [0.29, 0.717) is 11.7 Å². The van der Waals surface area contributed by atoms with E-state index < -0.39 is 0 Å². The number of nitrogens with zero attached hydrogens (tertiary/aromatic N) is 4. The van der Waals surface area contributed by atoms with Crippen LogP contribution in [0, 0.1) is 0 Å². The molecule has 1 aromatic heterocycles. The Hall–Kier alpha value is -1.79. The van der Waals surface area contributed by atoms with E-state index in [-0.39, 0.29) is 5.91 Å². The van der Waals surface area contributed by atoms with Gasteiger partial charge in [0.2, 0.25) is 5.91 Å². The lowest BCUT2D eigenvalue weighted by atomic mass is 10.1. The summed E-state index contributed by atoms with van der Waals surface area (Å²) in [6, 6.07) is 10.4. The molecule has 0 aliphatic carbocycles. The lowest BCUT2D eigenvalue weighted by molar-refractivity contribution is -0.132. The number of aromatic nitrogens is 2. The summed E-state index contributed by atoms with van der Waals surface area (Å²) in [5.74, 6) is 0.237. The van der Waals surface area contributed by atoms with Crippen LogP contribution in [0.25, 0.3) is 0 Å². The Morgan fingerprint density at radius 2 is 1.85 bits per heavy atom. The standard InChI is InChI=1S/C20H28N4OS/c1-17(2)26-19-6-4-18(5-7-19)16-20(25)23-13-10-22(11-14-23)12-15-24-9-3-8-21-24/h3-9,17H,10-16H2,1-2H3. The molecule has 26 heavy (non-hydrogen) atoms. The van der Waals surface area contributed by atoms with Gasteiger partial charge in [-0.2, -0.15) is 5.10 Å². The third-order valence-electron chi connectivity index (χ3n) is 4.58. The van der Waals surface area contributed by atoms with Crippen molar-refractivity contribution in [2.45, 2.75) is 37.0 Å². The molecule has 0 N–H and O–H groups in total. The summed E-state index contributed by atoms with van der Waals surface area (Å²) >= 11 is 1.85. The van der Waals surface area contributed by atoms with Crippen molar-refractivity contribution in [1.82, 2.24) is 19.6 Å². The Balaban J connectivity index is 1.41. The van der Waals surface area contributed by atoms with Gasteiger partial charge in [-0.15, -0.1) is 11.8 Å². The topological polar surface area (TPSA) is 41.4 Å². The van der Waals surface area contributed by atoms with Crippen LogP contribution in [0.4, 0.5) is 0 Å². The molecule has 3 rings (SSSR count). The first-order chi connectivity index (χ1) is 12.6.